The highest BCUT2D eigenvalue weighted by Crippen LogP contribution is 2.50. The number of anilines is 1. The van der Waals surface area contributed by atoms with Crippen molar-refractivity contribution in [2.75, 3.05) is 31.3 Å². The monoisotopic (exact) mass is 349 g/mol. The topological polar surface area (TPSA) is 82.2 Å². The van der Waals surface area contributed by atoms with Crippen molar-refractivity contribution < 1.29 is 8.42 Å². The van der Waals surface area contributed by atoms with Crippen LogP contribution in [0.15, 0.2) is 18.6 Å². The number of hydrogen-bond acceptors (Lipinski definition) is 5. The van der Waals surface area contributed by atoms with Gasteiger partial charge in [0.25, 0.3) is 0 Å². The molecule has 0 bridgehead atoms. The minimum absolute atomic E-state index is 0.0479. The molecule has 1 saturated heterocycles. The van der Waals surface area contributed by atoms with Crippen LogP contribution in [0.5, 0.6) is 0 Å². The molecule has 24 heavy (non-hydrogen) atoms. The summed E-state index contributed by atoms with van der Waals surface area (Å²) in [6.07, 6.45) is 6.76. The van der Waals surface area contributed by atoms with E-state index in [4.69, 9.17) is 0 Å². The zero-order valence-corrected chi connectivity index (χ0v) is 15.0. The number of H-pyrrole nitrogens is 1. The molecule has 4 rings (SSSR count). The summed E-state index contributed by atoms with van der Waals surface area (Å²) >= 11 is 0. The van der Waals surface area contributed by atoms with Gasteiger partial charge in [0.05, 0.1) is 11.6 Å². The molecule has 0 aromatic carbocycles. The molecule has 2 fully saturated rings. The predicted molar refractivity (Wildman–Crippen MR) is 93.3 cm³/mol. The Kier molecular flexibility index (Phi) is 3.41. The number of rotatable bonds is 3. The minimum Gasteiger partial charge on any atom is -0.356 e. The molecule has 0 amide bonds. The maximum atomic E-state index is 11.9. The fourth-order valence-electron chi connectivity index (χ4n) is 4.46. The number of sulfonamides is 1. The summed E-state index contributed by atoms with van der Waals surface area (Å²) in [5, 5.41) is 1.03. The highest BCUT2D eigenvalue weighted by Gasteiger charge is 2.52. The second-order valence-corrected chi connectivity index (χ2v) is 9.53. The number of fused-ring (bicyclic) bond motifs is 2. The van der Waals surface area contributed by atoms with E-state index < -0.39 is 10.0 Å². The van der Waals surface area contributed by atoms with Gasteiger partial charge in [-0.05, 0) is 30.2 Å². The molecule has 1 aliphatic heterocycles. The van der Waals surface area contributed by atoms with Crippen molar-refractivity contribution in [2.24, 2.45) is 11.3 Å². The third-order valence-electron chi connectivity index (χ3n) is 5.89. The van der Waals surface area contributed by atoms with Gasteiger partial charge >= 0.3 is 0 Å². The number of nitrogens with zero attached hydrogens (tertiary/aromatic N) is 4. The third-order valence-corrected chi connectivity index (χ3v) is 7.11. The Morgan fingerprint density at radius 1 is 1.42 bits per heavy atom. The second kappa shape index (κ2) is 5.16. The van der Waals surface area contributed by atoms with Gasteiger partial charge in [-0.15, -0.1) is 0 Å². The molecule has 130 valence electrons. The quantitative estimate of drug-likeness (QED) is 0.907. The molecule has 3 heterocycles. The molecule has 7 nitrogen and oxygen atoms in total. The van der Waals surface area contributed by atoms with E-state index in [0.29, 0.717) is 25.0 Å². The molecule has 3 atom stereocenters. The minimum atomic E-state index is -3.10. The van der Waals surface area contributed by atoms with Crippen LogP contribution in [0.3, 0.4) is 0 Å². The van der Waals surface area contributed by atoms with Gasteiger partial charge in [-0.25, -0.2) is 22.7 Å². The van der Waals surface area contributed by atoms with Crippen LogP contribution in [0.25, 0.3) is 11.0 Å². The Balaban J connectivity index is 1.57. The molecule has 1 N–H and O–H groups in total. The van der Waals surface area contributed by atoms with Gasteiger partial charge in [0.1, 0.15) is 17.8 Å². The van der Waals surface area contributed by atoms with Gasteiger partial charge in [0.2, 0.25) is 10.0 Å². The molecular weight excluding hydrogens is 326 g/mol. The van der Waals surface area contributed by atoms with Crippen LogP contribution in [-0.2, 0) is 10.0 Å². The van der Waals surface area contributed by atoms with Gasteiger partial charge in [0, 0.05) is 32.4 Å². The van der Waals surface area contributed by atoms with Crippen LogP contribution in [0.4, 0.5) is 5.82 Å². The summed E-state index contributed by atoms with van der Waals surface area (Å²) in [5.41, 5.74) is 0.895. The summed E-state index contributed by atoms with van der Waals surface area (Å²) in [7, 11) is -1.02. The van der Waals surface area contributed by atoms with Gasteiger partial charge < -0.3 is 9.88 Å². The van der Waals surface area contributed by atoms with Crippen LogP contribution in [0.2, 0.25) is 0 Å². The van der Waals surface area contributed by atoms with E-state index in [9.17, 15) is 8.42 Å². The summed E-state index contributed by atoms with van der Waals surface area (Å²) in [5.74, 6) is 1.35. The molecule has 2 aromatic rings. The SMILES string of the molecule is CN(c1ncnc2[nH]ccc12)C1CC2CN(S(C)(=O)=O)CC2(C)C1. The average molecular weight is 349 g/mol. The first kappa shape index (κ1) is 15.8. The summed E-state index contributed by atoms with van der Waals surface area (Å²) in [6, 6.07) is 2.37. The highest BCUT2D eigenvalue weighted by molar-refractivity contribution is 7.88. The van der Waals surface area contributed by atoms with Crippen LogP contribution < -0.4 is 4.90 Å². The average Bonchev–Trinajstić information content (AvgIpc) is 3.16. The van der Waals surface area contributed by atoms with Crippen molar-refractivity contribution in [3.05, 3.63) is 18.6 Å². The maximum absolute atomic E-state index is 11.9. The summed E-state index contributed by atoms with van der Waals surface area (Å²) < 4.78 is 25.4. The second-order valence-electron chi connectivity index (χ2n) is 7.55. The fourth-order valence-corrected chi connectivity index (χ4v) is 5.44. The molecular formula is C16H23N5O2S. The van der Waals surface area contributed by atoms with Gasteiger partial charge in [0.15, 0.2) is 0 Å². The van der Waals surface area contributed by atoms with E-state index in [1.165, 1.54) is 6.26 Å². The molecule has 0 spiro atoms. The Bertz CT molecular complexity index is 879. The van der Waals surface area contributed by atoms with E-state index >= 15 is 0 Å². The van der Waals surface area contributed by atoms with Gasteiger partial charge in [-0.2, -0.15) is 0 Å². The van der Waals surface area contributed by atoms with Crippen LogP contribution in [0.1, 0.15) is 19.8 Å². The number of aromatic nitrogens is 3. The lowest BCUT2D eigenvalue weighted by molar-refractivity contribution is 0.296. The third kappa shape index (κ3) is 2.39. The van der Waals surface area contributed by atoms with Crippen molar-refractivity contribution in [3.8, 4) is 0 Å². The Labute approximate surface area is 142 Å². The predicted octanol–water partition coefficient (Wildman–Crippen LogP) is 1.45. The van der Waals surface area contributed by atoms with Crippen molar-refractivity contribution in [1.29, 1.82) is 0 Å². The molecule has 3 unspecified atom stereocenters. The van der Waals surface area contributed by atoms with Crippen molar-refractivity contribution in [2.45, 2.75) is 25.8 Å². The highest BCUT2D eigenvalue weighted by atomic mass is 32.2. The summed E-state index contributed by atoms with van der Waals surface area (Å²) in [4.78, 5) is 14.1. The molecule has 1 saturated carbocycles. The lowest BCUT2D eigenvalue weighted by Crippen LogP contribution is -2.35. The zero-order valence-electron chi connectivity index (χ0n) is 14.2. The van der Waals surface area contributed by atoms with E-state index in [2.05, 4.69) is 33.8 Å². The first-order valence-corrected chi connectivity index (χ1v) is 10.1. The molecule has 2 aromatic heterocycles. The van der Waals surface area contributed by atoms with Crippen LogP contribution in [-0.4, -0.2) is 60.1 Å². The molecule has 1 aliphatic carbocycles. The maximum Gasteiger partial charge on any atom is 0.211 e. The van der Waals surface area contributed by atoms with Gasteiger partial charge in [-0.3, -0.25) is 0 Å². The van der Waals surface area contributed by atoms with E-state index in [1.807, 2.05) is 12.3 Å². The fraction of sp³-hybridized carbons (Fsp3) is 0.625. The smallest absolute Gasteiger partial charge is 0.211 e. The lowest BCUT2D eigenvalue weighted by Gasteiger charge is -2.29. The van der Waals surface area contributed by atoms with Crippen molar-refractivity contribution in [1.82, 2.24) is 19.3 Å². The number of aromatic amines is 1. The summed E-state index contributed by atoms with van der Waals surface area (Å²) in [6.45, 7) is 3.50. The number of hydrogen-bond donors (Lipinski definition) is 1. The molecule has 2 aliphatic rings. The first-order chi connectivity index (χ1) is 11.3. The standard InChI is InChI=1S/C16H23N5O2S/c1-16-7-12(6-11(16)8-21(9-16)24(3,22)23)20(2)15-13-4-5-17-14(13)18-10-19-15/h4-5,10-12H,6-9H2,1-3H3,(H,17,18,19). The number of nitrogens with one attached hydrogen (secondary N) is 1. The van der Waals surface area contributed by atoms with E-state index in [0.717, 1.165) is 29.7 Å². The van der Waals surface area contributed by atoms with E-state index in [1.54, 1.807) is 10.6 Å². The Morgan fingerprint density at radius 3 is 2.92 bits per heavy atom. The van der Waals surface area contributed by atoms with Crippen molar-refractivity contribution >= 4 is 26.9 Å². The lowest BCUT2D eigenvalue weighted by atomic mass is 9.83. The van der Waals surface area contributed by atoms with Crippen LogP contribution >= 0.6 is 0 Å². The first-order valence-electron chi connectivity index (χ1n) is 8.24. The van der Waals surface area contributed by atoms with Crippen molar-refractivity contribution in [3.63, 3.8) is 0 Å². The van der Waals surface area contributed by atoms with Gasteiger partial charge in [-0.1, -0.05) is 6.92 Å². The largest absolute Gasteiger partial charge is 0.356 e. The van der Waals surface area contributed by atoms with E-state index in [-0.39, 0.29) is 5.41 Å². The Morgan fingerprint density at radius 2 is 2.21 bits per heavy atom. The molecule has 8 heteroatoms. The zero-order chi connectivity index (χ0) is 17.1. The molecule has 0 radical (unpaired) electrons. The Hall–Kier alpha value is -1.67. The normalized spacial score (nSPS) is 30.8. The van der Waals surface area contributed by atoms with Crippen LogP contribution in [0, 0.1) is 11.3 Å².